The highest BCUT2D eigenvalue weighted by Crippen LogP contribution is 2.30. The van der Waals surface area contributed by atoms with E-state index in [1.807, 2.05) is 29.2 Å². The van der Waals surface area contributed by atoms with Crippen molar-refractivity contribution < 1.29 is 14.3 Å². The molecule has 1 saturated carbocycles. The molecule has 1 saturated heterocycles. The number of amides is 2. The number of hydrogen-bond acceptors (Lipinski definition) is 3. The largest absolute Gasteiger partial charge is 0.378 e. The van der Waals surface area contributed by atoms with Crippen molar-refractivity contribution in [1.82, 2.24) is 10.2 Å². The Balaban J connectivity index is 1.38. The smallest absolute Gasteiger partial charge is 0.225 e. The fourth-order valence-corrected chi connectivity index (χ4v) is 4.02. The average Bonchev–Trinajstić information content (AvgIpc) is 2.68. The molecule has 0 radical (unpaired) electrons. The van der Waals surface area contributed by atoms with Crippen molar-refractivity contribution in [2.24, 2.45) is 11.8 Å². The minimum atomic E-state index is 0.0306. The minimum absolute atomic E-state index is 0.0306. The van der Waals surface area contributed by atoms with Gasteiger partial charge in [-0.05, 0) is 49.8 Å². The van der Waals surface area contributed by atoms with Crippen LogP contribution in [0.4, 0.5) is 0 Å². The summed E-state index contributed by atoms with van der Waals surface area (Å²) < 4.78 is 5.31. The predicted octanol–water partition coefficient (Wildman–Crippen LogP) is 2.66. The van der Waals surface area contributed by atoms with Crippen LogP contribution < -0.4 is 5.32 Å². The maximum absolute atomic E-state index is 12.5. The molecule has 0 aromatic heterocycles. The van der Waals surface area contributed by atoms with Crippen molar-refractivity contribution in [1.29, 1.82) is 0 Å². The van der Waals surface area contributed by atoms with Gasteiger partial charge >= 0.3 is 0 Å². The zero-order valence-corrected chi connectivity index (χ0v) is 15.8. The second-order valence-electron chi connectivity index (χ2n) is 7.16. The van der Waals surface area contributed by atoms with E-state index in [-0.39, 0.29) is 23.7 Å². The summed E-state index contributed by atoms with van der Waals surface area (Å²) in [6.45, 7) is 3.28. The summed E-state index contributed by atoms with van der Waals surface area (Å²) in [5, 5.41) is 3.75. The van der Waals surface area contributed by atoms with E-state index in [0.29, 0.717) is 32.8 Å². The molecule has 2 amide bonds. The summed E-state index contributed by atoms with van der Waals surface area (Å²) >= 11 is 5.98. The van der Waals surface area contributed by atoms with E-state index in [2.05, 4.69) is 5.32 Å². The number of morpholine rings is 1. The van der Waals surface area contributed by atoms with E-state index in [9.17, 15) is 9.59 Å². The molecule has 6 heteroatoms. The van der Waals surface area contributed by atoms with E-state index in [4.69, 9.17) is 16.3 Å². The minimum Gasteiger partial charge on any atom is -0.378 e. The Morgan fingerprint density at radius 3 is 2.50 bits per heavy atom. The molecule has 1 aliphatic carbocycles. The summed E-state index contributed by atoms with van der Waals surface area (Å²) in [5.74, 6) is 0.462. The Bertz CT molecular complexity index is 623. The number of ether oxygens (including phenoxy) is 1. The number of hydrogen-bond donors (Lipinski definition) is 1. The summed E-state index contributed by atoms with van der Waals surface area (Å²) in [7, 11) is 0. The zero-order valence-electron chi connectivity index (χ0n) is 15.1. The van der Waals surface area contributed by atoms with Gasteiger partial charge < -0.3 is 15.0 Å². The van der Waals surface area contributed by atoms with Gasteiger partial charge in [0.1, 0.15) is 0 Å². The maximum Gasteiger partial charge on any atom is 0.225 e. The third-order valence-corrected chi connectivity index (χ3v) is 5.61. The number of carbonyl (C=O) groups is 2. The Kier molecular flexibility index (Phi) is 6.92. The first-order valence-corrected chi connectivity index (χ1v) is 9.90. The standard InChI is InChI=1S/C20H27ClN2O3/c21-18-3-1-2-15(14-18)8-9-22-19(24)16-4-6-17(7-5-16)20(25)23-10-12-26-13-11-23/h1-3,14,16-17H,4-13H2,(H,22,24). The average molecular weight is 379 g/mol. The molecule has 5 nitrogen and oxygen atoms in total. The van der Waals surface area contributed by atoms with Gasteiger partial charge in [-0.25, -0.2) is 0 Å². The molecule has 142 valence electrons. The van der Waals surface area contributed by atoms with Crippen LogP contribution in [0.25, 0.3) is 0 Å². The number of benzene rings is 1. The Morgan fingerprint density at radius 2 is 1.81 bits per heavy atom. The van der Waals surface area contributed by atoms with Crippen molar-refractivity contribution in [3.63, 3.8) is 0 Å². The van der Waals surface area contributed by atoms with Crippen LogP contribution in [0, 0.1) is 11.8 Å². The van der Waals surface area contributed by atoms with Crippen LogP contribution in [0.3, 0.4) is 0 Å². The molecule has 0 spiro atoms. The summed E-state index contributed by atoms with van der Waals surface area (Å²) in [5.41, 5.74) is 1.12. The van der Waals surface area contributed by atoms with Gasteiger partial charge in [0.05, 0.1) is 13.2 Å². The first-order valence-electron chi connectivity index (χ1n) is 9.52. The van der Waals surface area contributed by atoms with Gasteiger partial charge in [0.15, 0.2) is 0 Å². The molecule has 3 rings (SSSR count). The molecule has 1 heterocycles. The van der Waals surface area contributed by atoms with Crippen molar-refractivity contribution in [2.45, 2.75) is 32.1 Å². The van der Waals surface area contributed by atoms with Crippen molar-refractivity contribution in [3.8, 4) is 0 Å². The van der Waals surface area contributed by atoms with Gasteiger partial charge in [-0.3, -0.25) is 9.59 Å². The SMILES string of the molecule is O=C(NCCc1cccc(Cl)c1)C1CCC(C(=O)N2CCOCC2)CC1. The van der Waals surface area contributed by atoms with Crippen LogP contribution >= 0.6 is 11.6 Å². The highest BCUT2D eigenvalue weighted by atomic mass is 35.5. The normalized spacial score (nSPS) is 23.5. The molecular weight excluding hydrogens is 352 g/mol. The monoisotopic (exact) mass is 378 g/mol. The quantitative estimate of drug-likeness (QED) is 0.856. The van der Waals surface area contributed by atoms with E-state index in [0.717, 1.165) is 42.7 Å². The maximum atomic E-state index is 12.5. The molecule has 1 aromatic carbocycles. The third kappa shape index (κ3) is 5.21. The van der Waals surface area contributed by atoms with Gasteiger partial charge in [-0.2, -0.15) is 0 Å². The van der Waals surface area contributed by atoms with Gasteiger partial charge in [-0.15, -0.1) is 0 Å². The van der Waals surface area contributed by atoms with Crippen LogP contribution in [-0.2, 0) is 20.7 Å². The molecule has 2 fully saturated rings. The number of nitrogens with zero attached hydrogens (tertiary/aromatic N) is 1. The lowest BCUT2D eigenvalue weighted by Gasteiger charge is -2.33. The van der Waals surface area contributed by atoms with E-state index >= 15 is 0 Å². The van der Waals surface area contributed by atoms with Gasteiger partial charge in [0, 0.05) is 36.5 Å². The predicted molar refractivity (Wildman–Crippen MR) is 101 cm³/mol. The highest BCUT2D eigenvalue weighted by Gasteiger charge is 2.32. The first kappa shape index (κ1) is 19.2. The van der Waals surface area contributed by atoms with Gasteiger partial charge in [-0.1, -0.05) is 23.7 Å². The van der Waals surface area contributed by atoms with Crippen LogP contribution in [-0.4, -0.2) is 49.6 Å². The molecule has 0 unspecified atom stereocenters. The Labute approximate surface area is 160 Å². The number of halogens is 1. The lowest BCUT2D eigenvalue weighted by molar-refractivity contribution is -0.142. The molecule has 26 heavy (non-hydrogen) atoms. The first-order chi connectivity index (χ1) is 12.6. The summed E-state index contributed by atoms with van der Waals surface area (Å²) in [6.07, 6.45) is 3.98. The van der Waals surface area contributed by atoms with Crippen LogP contribution in [0.1, 0.15) is 31.2 Å². The van der Waals surface area contributed by atoms with E-state index in [1.165, 1.54) is 0 Å². The molecule has 0 bridgehead atoms. The van der Waals surface area contributed by atoms with Gasteiger partial charge in [0.2, 0.25) is 11.8 Å². The number of rotatable bonds is 5. The molecule has 1 aliphatic heterocycles. The molecule has 2 aliphatic rings. The molecule has 1 N–H and O–H groups in total. The molecule has 1 aromatic rings. The zero-order chi connectivity index (χ0) is 18.4. The second-order valence-corrected chi connectivity index (χ2v) is 7.59. The van der Waals surface area contributed by atoms with E-state index in [1.54, 1.807) is 0 Å². The number of nitrogens with one attached hydrogen (secondary N) is 1. The third-order valence-electron chi connectivity index (χ3n) is 5.37. The number of carbonyl (C=O) groups excluding carboxylic acids is 2. The van der Waals surface area contributed by atoms with Crippen LogP contribution in [0.5, 0.6) is 0 Å². The highest BCUT2D eigenvalue weighted by molar-refractivity contribution is 6.30. The Hall–Kier alpha value is -1.59. The summed E-state index contributed by atoms with van der Waals surface area (Å²) in [6, 6.07) is 7.71. The van der Waals surface area contributed by atoms with Crippen molar-refractivity contribution in [3.05, 3.63) is 34.9 Å². The fourth-order valence-electron chi connectivity index (χ4n) is 3.81. The lowest BCUT2D eigenvalue weighted by atomic mass is 9.81. The molecule has 0 atom stereocenters. The van der Waals surface area contributed by atoms with Crippen molar-refractivity contribution >= 4 is 23.4 Å². The van der Waals surface area contributed by atoms with Crippen LogP contribution in [0.15, 0.2) is 24.3 Å². The van der Waals surface area contributed by atoms with Gasteiger partial charge in [0.25, 0.3) is 0 Å². The second kappa shape index (κ2) is 9.38. The van der Waals surface area contributed by atoms with Crippen LogP contribution in [0.2, 0.25) is 5.02 Å². The molecular formula is C20H27ClN2O3. The summed E-state index contributed by atoms with van der Waals surface area (Å²) in [4.78, 5) is 26.8. The fraction of sp³-hybridized carbons (Fsp3) is 0.600. The topological polar surface area (TPSA) is 58.6 Å². The van der Waals surface area contributed by atoms with Crippen molar-refractivity contribution in [2.75, 3.05) is 32.8 Å². The lowest BCUT2D eigenvalue weighted by Crippen LogP contribution is -2.45. The Morgan fingerprint density at radius 1 is 1.12 bits per heavy atom. The van der Waals surface area contributed by atoms with E-state index < -0.39 is 0 Å².